The number of ketones is 1. The Bertz CT molecular complexity index is 1310. The maximum atomic E-state index is 13.9. The van der Waals surface area contributed by atoms with Crippen molar-refractivity contribution in [3.8, 4) is 10.4 Å². The van der Waals surface area contributed by atoms with E-state index in [0.717, 1.165) is 86.5 Å². The average Bonchev–Trinajstić information content (AvgIpc) is 3.72. The van der Waals surface area contributed by atoms with Crippen molar-refractivity contribution in [1.29, 1.82) is 0 Å². The van der Waals surface area contributed by atoms with Gasteiger partial charge in [0.25, 0.3) is 0 Å². The third-order valence-corrected chi connectivity index (χ3v) is 11.3. The van der Waals surface area contributed by atoms with Crippen molar-refractivity contribution in [2.75, 3.05) is 37.4 Å². The second kappa shape index (κ2) is 23.7. The molecule has 1 fully saturated rings. The molecule has 0 spiro atoms. The number of nitrogens with zero attached hydrogens (tertiary/aromatic N) is 2. The van der Waals surface area contributed by atoms with Crippen LogP contribution in [0.2, 0.25) is 0 Å². The maximum absolute atomic E-state index is 13.9. The summed E-state index contributed by atoms with van der Waals surface area (Å²) in [6.45, 7) is 11.4. The summed E-state index contributed by atoms with van der Waals surface area (Å²) in [4.78, 5) is 47.3. The predicted molar refractivity (Wildman–Crippen MR) is 214 cm³/mol. The number of ether oxygens (including phenoxy) is 2. The molecule has 1 aliphatic rings. The van der Waals surface area contributed by atoms with Gasteiger partial charge in [-0.05, 0) is 72.8 Å². The Morgan fingerprint density at radius 2 is 1.53 bits per heavy atom. The number of likely N-dealkylation sites (tertiary alicyclic amines) is 1. The number of carbonyl (C=O) groups is 3. The molecule has 9 nitrogen and oxygen atoms in total. The number of Topliss-reactive ketones (excluding diaryl/α,β-unsaturated/α-hetero) is 1. The van der Waals surface area contributed by atoms with E-state index in [2.05, 4.69) is 32.9 Å². The summed E-state index contributed by atoms with van der Waals surface area (Å²) in [7, 11) is 0. The van der Waals surface area contributed by atoms with E-state index in [4.69, 9.17) is 9.47 Å². The SMILES string of the molecule is Cc1ncsc1-c1ccc(CNC(=O)[C@@H]2C[C@@H](O)CN2C(=O)[C@@H](CC(=O)CCCCCOCCCCCOCCCCCCI)C(C)(C)C)cc1. The molecule has 0 aliphatic carbocycles. The zero-order valence-corrected chi connectivity index (χ0v) is 34.4. The first-order valence-electron chi connectivity index (χ1n) is 19.0. The Morgan fingerprint density at radius 1 is 0.941 bits per heavy atom. The van der Waals surface area contributed by atoms with Gasteiger partial charge >= 0.3 is 0 Å². The van der Waals surface area contributed by atoms with Crippen molar-refractivity contribution < 1.29 is 29.0 Å². The topological polar surface area (TPSA) is 118 Å². The number of hydrogen-bond acceptors (Lipinski definition) is 8. The smallest absolute Gasteiger partial charge is 0.243 e. The number of nitrogens with one attached hydrogen (secondary N) is 1. The molecule has 2 heterocycles. The van der Waals surface area contributed by atoms with Gasteiger partial charge in [-0.1, -0.05) is 86.9 Å². The van der Waals surface area contributed by atoms with Crippen LogP contribution in [0.15, 0.2) is 29.8 Å². The molecule has 0 bridgehead atoms. The van der Waals surface area contributed by atoms with Crippen LogP contribution in [0.25, 0.3) is 10.4 Å². The van der Waals surface area contributed by atoms with Gasteiger partial charge < -0.3 is 24.8 Å². The number of aliphatic hydroxyl groups is 1. The first-order valence-corrected chi connectivity index (χ1v) is 21.4. The Hall–Kier alpha value is -1.93. The van der Waals surface area contributed by atoms with Gasteiger partial charge in [0.05, 0.1) is 22.2 Å². The van der Waals surface area contributed by atoms with Crippen molar-refractivity contribution in [2.45, 2.75) is 130 Å². The fourth-order valence-electron chi connectivity index (χ4n) is 6.40. The number of carbonyl (C=O) groups excluding carboxylic acids is 3. The molecule has 11 heteroatoms. The standard InChI is InChI=1S/C40H62IN3O6S/c1-30-37(51-29-43-30)32-18-16-31(17-19-32)27-42-38(47)36-26-34(46)28-44(36)39(48)35(40(2,3)4)25-33(45)15-9-7-12-22-50-24-14-8-13-23-49-21-11-6-5-10-20-41/h16-19,29,34-36,46H,5-15,20-28H2,1-4H3,(H,42,47)/t34-,35-,36+/m1/s1. The molecule has 3 rings (SSSR count). The summed E-state index contributed by atoms with van der Waals surface area (Å²) in [6.07, 6.45) is 10.8. The number of aliphatic hydroxyl groups excluding tert-OH is 1. The molecular formula is C40H62IN3O6S. The Balaban J connectivity index is 1.34. The lowest BCUT2D eigenvalue weighted by Gasteiger charge is -2.34. The number of unbranched alkanes of at least 4 members (excludes halogenated alkanes) is 7. The first-order chi connectivity index (χ1) is 24.5. The van der Waals surface area contributed by atoms with Crippen LogP contribution in [0.4, 0.5) is 0 Å². The lowest BCUT2D eigenvalue weighted by molar-refractivity contribution is -0.146. The number of amides is 2. The third kappa shape index (κ3) is 15.9. The van der Waals surface area contributed by atoms with E-state index in [-0.39, 0.29) is 37.0 Å². The molecule has 3 atom stereocenters. The molecule has 286 valence electrons. The van der Waals surface area contributed by atoms with E-state index >= 15 is 0 Å². The second-order valence-electron chi connectivity index (χ2n) is 14.9. The van der Waals surface area contributed by atoms with Crippen LogP contribution in [0.1, 0.15) is 115 Å². The summed E-state index contributed by atoms with van der Waals surface area (Å²) >= 11 is 4.03. The number of aryl methyl sites for hydroxylation is 1. The fourth-order valence-corrected chi connectivity index (χ4v) is 7.76. The predicted octanol–water partition coefficient (Wildman–Crippen LogP) is 8.08. The molecule has 2 aromatic rings. The van der Waals surface area contributed by atoms with E-state index in [1.807, 2.05) is 57.5 Å². The van der Waals surface area contributed by atoms with Crippen molar-refractivity contribution in [2.24, 2.45) is 11.3 Å². The highest BCUT2D eigenvalue weighted by atomic mass is 127. The van der Waals surface area contributed by atoms with E-state index in [0.29, 0.717) is 19.6 Å². The lowest BCUT2D eigenvalue weighted by atomic mass is 9.76. The van der Waals surface area contributed by atoms with Crippen LogP contribution < -0.4 is 5.32 Å². The van der Waals surface area contributed by atoms with Crippen LogP contribution in [0.3, 0.4) is 0 Å². The number of benzene rings is 1. The molecule has 1 saturated heterocycles. The summed E-state index contributed by atoms with van der Waals surface area (Å²) in [5.74, 6) is -1.04. The number of β-amino-alcohol motifs (C(OH)–C–C–N with tert-alkyl or cyclic N) is 1. The fraction of sp³-hybridized carbons (Fsp3) is 0.700. The highest BCUT2D eigenvalue weighted by Crippen LogP contribution is 2.34. The van der Waals surface area contributed by atoms with Gasteiger partial charge in [0.1, 0.15) is 11.8 Å². The van der Waals surface area contributed by atoms with E-state index < -0.39 is 23.5 Å². The van der Waals surface area contributed by atoms with Crippen molar-refractivity contribution in [3.05, 3.63) is 41.0 Å². The molecular weight excluding hydrogens is 777 g/mol. The quantitative estimate of drug-likeness (QED) is 0.0590. The number of thiazole rings is 1. The van der Waals surface area contributed by atoms with Gasteiger partial charge in [0.15, 0.2) is 0 Å². The van der Waals surface area contributed by atoms with E-state index in [1.54, 1.807) is 11.3 Å². The molecule has 1 aromatic carbocycles. The van der Waals surface area contributed by atoms with Crippen molar-refractivity contribution >= 4 is 51.5 Å². The van der Waals surface area contributed by atoms with Crippen LogP contribution in [-0.2, 0) is 30.4 Å². The molecule has 0 saturated carbocycles. The minimum absolute atomic E-state index is 0.0600. The van der Waals surface area contributed by atoms with Crippen LogP contribution >= 0.6 is 33.9 Å². The van der Waals surface area contributed by atoms with Gasteiger partial charge in [-0.25, -0.2) is 4.98 Å². The van der Waals surface area contributed by atoms with Gasteiger partial charge in [0, 0.05) is 64.7 Å². The number of rotatable bonds is 25. The molecule has 2 N–H and O–H groups in total. The molecule has 1 aromatic heterocycles. The number of alkyl halides is 1. The highest BCUT2D eigenvalue weighted by Gasteiger charge is 2.44. The van der Waals surface area contributed by atoms with Crippen LogP contribution in [0, 0.1) is 18.3 Å². The molecule has 0 radical (unpaired) electrons. The van der Waals surface area contributed by atoms with Crippen molar-refractivity contribution in [1.82, 2.24) is 15.2 Å². The zero-order valence-electron chi connectivity index (χ0n) is 31.4. The molecule has 2 amide bonds. The number of halogens is 1. The highest BCUT2D eigenvalue weighted by molar-refractivity contribution is 14.1. The average molecular weight is 840 g/mol. The van der Waals surface area contributed by atoms with Crippen LogP contribution in [-0.4, -0.2) is 82.1 Å². The maximum Gasteiger partial charge on any atom is 0.243 e. The minimum atomic E-state index is -0.783. The minimum Gasteiger partial charge on any atom is -0.391 e. The summed E-state index contributed by atoms with van der Waals surface area (Å²) < 4.78 is 12.8. The largest absolute Gasteiger partial charge is 0.391 e. The molecule has 1 aliphatic heterocycles. The Labute approximate surface area is 324 Å². The third-order valence-electron chi connectivity index (χ3n) is 9.56. The summed E-state index contributed by atoms with van der Waals surface area (Å²) in [5.41, 5.74) is 4.36. The summed E-state index contributed by atoms with van der Waals surface area (Å²) in [6, 6.07) is 7.22. The molecule has 51 heavy (non-hydrogen) atoms. The van der Waals surface area contributed by atoms with Gasteiger partial charge in [-0.2, -0.15) is 0 Å². The van der Waals surface area contributed by atoms with E-state index in [9.17, 15) is 19.5 Å². The Kier molecular flexibility index (Phi) is 20.2. The normalized spacial score (nSPS) is 16.8. The monoisotopic (exact) mass is 839 g/mol. The van der Waals surface area contributed by atoms with Gasteiger partial charge in [0.2, 0.25) is 11.8 Å². The Morgan fingerprint density at radius 3 is 2.10 bits per heavy atom. The van der Waals surface area contributed by atoms with Gasteiger partial charge in [-0.15, -0.1) is 11.3 Å². The van der Waals surface area contributed by atoms with Crippen molar-refractivity contribution in [3.63, 3.8) is 0 Å². The first kappa shape index (κ1) is 43.5. The molecule has 0 unspecified atom stereocenters. The summed E-state index contributed by atoms with van der Waals surface area (Å²) in [5, 5.41) is 13.5. The number of hydrogen-bond donors (Lipinski definition) is 2. The zero-order chi connectivity index (χ0) is 37.1. The van der Waals surface area contributed by atoms with Crippen LogP contribution in [0.5, 0.6) is 0 Å². The van der Waals surface area contributed by atoms with Gasteiger partial charge in [-0.3, -0.25) is 14.4 Å². The van der Waals surface area contributed by atoms with E-state index in [1.165, 1.54) is 28.6 Å². The number of aromatic nitrogens is 1. The lowest BCUT2D eigenvalue weighted by Crippen LogP contribution is -2.50. The second-order valence-corrected chi connectivity index (χ2v) is 16.9.